The van der Waals surface area contributed by atoms with Crippen molar-refractivity contribution in [2.75, 3.05) is 0 Å². The molecule has 0 aliphatic carbocycles. The maximum atomic E-state index is 11.2. The molecule has 0 radical (unpaired) electrons. The molecule has 0 bridgehead atoms. The van der Waals surface area contributed by atoms with Crippen LogP contribution in [-0.4, -0.2) is 22.0 Å². The van der Waals surface area contributed by atoms with Crippen LogP contribution in [0.3, 0.4) is 0 Å². The molecule has 5 nitrogen and oxygen atoms in total. The fourth-order valence-corrected chi connectivity index (χ4v) is 1.25. The van der Waals surface area contributed by atoms with Crippen LogP contribution in [0.25, 0.3) is 0 Å². The second-order valence-corrected chi connectivity index (χ2v) is 4.18. The molecule has 0 aromatic carbocycles. The van der Waals surface area contributed by atoms with Crippen LogP contribution in [0.5, 0.6) is 0 Å². The first-order valence-electron chi connectivity index (χ1n) is 4.41. The summed E-state index contributed by atoms with van der Waals surface area (Å²) in [6.07, 6.45) is 1.40. The molecule has 0 saturated carbocycles. The predicted molar refractivity (Wildman–Crippen MR) is 58.5 cm³/mol. The van der Waals surface area contributed by atoms with Gasteiger partial charge in [0, 0.05) is 10.5 Å². The summed E-state index contributed by atoms with van der Waals surface area (Å²) in [5.41, 5.74) is 0.177. The van der Waals surface area contributed by atoms with E-state index in [1.165, 1.54) is 12.3 Å². The minimum absolute atomic E-state index is 0.0174. The summed E-state index contributed by atoms with van der Waals surface area (Å²) in [6.45, 7) is 3.67. The molecule has 1 aromatic rings. The number of halogens is 1. The first-order valence-corrected chi connectivity index (χ1v) is 5.21. The number of carbonyl (C=O) groups excluding carboxylic acids is 1. The van der Waals surface area contributed by atoms with Gasteiger partial charge in [-0.3, -0.25) is 0 Å². The Hall–Kier alpha value is -1.30. The summed E-state index contributed by atoms with van der Waals surface area (Å²) < 4.78 is 1.48. The Bertz CT molecular complexity index is 426. The third kappa shape index (κ3) is 3.75. The standard InChI is InChI=1S/C9H12BrN3O2/c1-6(2)11-9(14)12-8-4-3-7(10)5-13(8)15/h3-6,15H,1-2H3,(H,11,14). The topological polar surface area (TPSA) is 66.6 Å². The molecule has 0 aliphatic heterocycles. The van der Waals surface area contributed by atoms with E-state index in [1.807, 2.05) is 13.8 Å². The van der Waals surface area contributed by atoms with E-state index in [2.05, 4.69) is 26.2 Å². The third-order valence-corrected chi connectivity index (χ3v) is 1.97. The molecule has 2 N–H and O–H groups in total. The summed E-state index contributed by atoms with van der Waals surface area (Å²) in [6, 6.07) is 2.76. The second-order valence-electron chi connectivity index (χ2n) is 3.27. The Kier molecular flexibility index (Phi) is 3.90. The molecule has 0 spiro atoms. The molecule has 6 heteroatoms. The van der Waals surface area contributed by atoms with Crippen molar-refractivity contribution in [2.24, 2.45) is 4.99 Å². The average Bonchev–Trinajstić information content (AvgIpc) is 2.08. The van der Waals surface area contributed by atoms with Crippen molar-refractivity contribution in [3.05, 3.63) is 28.3 Å². The van der Waals surface area contributed by atoms with E-state index >= 15 is 0 Å². The minimum Gasteiger partial charge on any atom is -0.427 e. The molecule has 1 aromatic heterocycles. The maximum Gasteiger partial charge on any atom is 0.343 e. The molecule has 2 amide bonds. The van der Waals surface area contributed by atoms with Crippen molar-refractivity contribution < 1.29 is 10.0 Å². The smallest absolute Gasteiger partial charge is 0.343 e. The van der Waals surface area contributed by atoms with Gasteiger partial charge < -0.3 is 10.5 Å². The lowest BCUT2D eigenvalue weighted by atomic mass is 10.4. The summed E-state index contributed by atoms with van der Waals surface area (Å²) >= 11 is 3.18. The van der Waals surface area contributed by atoms with E-state index in [1.54, 1.807) is 6.07 Å². The largest absolute Gasteiger partial charge is 0.427 e. The number of aromatic nitrogens is 1. The number of carbonyl (C=O) groups is 1. The molecule has 15 heavy (non-hydrogen) atoms. The van der Waals surface area contributed by atoms with Crippen LogP contribution in [-0.2, 0) is 0 Å². The number of hydrogen-bond donors (Lipinski definition) is 2. The highest BCUT2D eigenvalue weighted by Gasteiger charge is 2.00. The summed E-state index contributed by atoms with van der Waals surface area (Å²) in [5.74, 6) is 0. The fraction of sp³-hybridized carbons (Fsp3) is 0.333. The zero-order valence-corrected chi connectivity index (χ0v) is 10.0. The van der Waals surface area contributed by atoms with Crippen LogP contribution in [0.4, 0.5) is 4.79 Å². The lowest BCUT2D eigenvalue weighted by molar-refractivity contribution is 0.170. The molecular formula is C9H12BrN3O2. The first kappa shape index (κ1) is 11.8. The highest BCUT2D eigenvalue weighted by atomic mass is 79.9. The van der Waals surface area contributed by atoms with E-state index in [4.69, 9.17) is 0 Å². The van der Waals surface area contributed by atoms with Gasteiger partial charge in [0.1, 0.15) is 0 Å². The van der Waals surface area contributed by atoms with Crippen LogP contribution < -0.4 is 10.8 Å². The van der Waals surface area contributed by atoms with Crippen molar-refractivity contribution in [1.29, 1.82) is 0 Å². The van der Waals surface area contributed by atoms with Crippen LogP contribution in [0, 0.1) is 0 Å². The number of amides is 2. The van der Waals surface area contributed by atoms with Gasteiger partial charge in [-0.15, -0.1) is 0 Å². The van der Waals surface area contributed by atoms with E-state index in [0.29, 0.717) is 4.47 Å². The monoisotopic (exact) mass is 273 g/mol. The zero-order chi connectivity index (χ0) is 11.4. The fourth-order valence-electron chi connectivity index (χ4n) is 0.928. The van der Waals surface area contributed by atoms with Crippen molar-refractivity contribution in [3.63, 3.8) is 0 Å². The quantitative estimate of drug-likeness (QED) is 0.762. The molecule has 0 atom stereocenters. The van der Waals surface area contributed by atoms with E-state index in [0.717, 1.165) is 4.73 Å². The van der Waals surface area contributed by atoms with Gasteiger partial charge in [0.2, 0.25) is 0 Å². The van der Waals surface area contributed by atoms with E-state index in [9.17, 15) is 10.0 Å². The van der Waals surface area contributed by atoms with Gasteiger partial charge in [-0.2, -0.15) is 9.72 Å². The zero-order valence-electron chi connectivity index (χ0n) is 8.44. The SMILES string of the molecule is CC(C)NC(=O)N=c1ccc(Br)cn1O. The summed E-state index contributed by atoms with van der Waals surface area (Å²) in [5, 5.41) is 12.0. The number of pyridine rings is 1. The Balaban J connectivity index is 2.95. The molecule has 0 unspecified atom stereocenters. The molecule has 82 valence electrons. The van der Waals surface area contributed by atoms with Crippen molar-refractivity contribution >= 4 is 22.0 Å². The summed E-state index contributed by atoms with van der Waals surface area (Å²) in [7, 11) is 0. The first-order chi connectivity index (χ1) is 6.99. The summed E-state index contributed by atoms with van der Waals surface area (Å²) in [4.78, 5) is 14.9. The Morgan fingerprint density at radius 1 is 1.60 bits per heavy atom. The van der Waals surface area contributed by atoms with Gasteiger partial charge in [0.05, 0.1) is 6.20 Å². The predicted octanol–water partition coefficient (Wildman–Crippen LogP) is 1.51. The van der Waals surface area contributed by atoms with Crippen LogP contribution in [0.2, 0.25) is 0 Å². The second kappa shape index (κ2) is 4.97. The van der Waals surface area contributed by atoms with Crippen molar-refractivity contribution in [1.82, 2.24) is 10.0 Å². The van der Waals surface area contributed by atoms with Gasteiger partial charge in [-0.25, -0.2) is 4.79 Å². The Morgan fingerprint density at radius 2 is 2.27 bits per heavy atom. The molecule has 0 fully saturated rings. The van der Waals surface area contributed by atoms with Crippen molar-refractivity contribution in [3.8, 4) is 0 Å². The Labute approximate surface area is 95.5 Å². The van der Waals surface area contributed by atoms with Gasteiger partial charge in [-0.05, 0) is 41.9 Å². The van der Waals surface area contributed by atoms with Gasteiger partial charge >= 0.3 is 6.03 Å². The molecule has 1 rings (SSSR count). The molecule has 0 saturated heterocycles. The molecular weight excluding hydrogens is 262 g/mol. The van der Waals surface area contributed by atoms with Crippen LogP contribution in [0.1, 0.15) is 13.8 Å². The highest BCUT2D eigenvalue weighted by molar-refractivity contribution is 9.10. The van der Waals surface area contributed by atoms with Crippen LogP contribution in [0.15, 0.2) is 27.8 Å². The highest BCUT2D eigenvalue weighted by Crippen LogP contribution is 2.03. The molecule has 1 heterocycles. The number of urea groups is 1. The number of nitrogens with zero attached hydrogens (tertiary/aromatic N) is 2. The van der Waals surface area contributed by atoms with Gasteiger partial charge in [0.25, 0.3) is 0 Å². The molecule has 0 aliphatic rings. The number of rotatable bonds is 1. The number of hydrogen-bond acceptors (Lipinski definition) is 2. The van der Waals surface area contributed by atoms with Crippen molar-refractivity contribution in [2.45, 2.75) is 19.9 Å². The maximum absolute atomic E-state index is 11.2. The van der Waals surface area contributed by atoms with E-state index in [-0.39, 0.29) is 11.5 Å². The lowest BCUT2D eigenvalue weighted by Gasteiger charge is -2.04. The lowest BCUT2D eigenvalue weighted by Crippen LogP contribution is -2.30. The van der Waals surface area contributed by atoms with Gasteiger partial charge in [0.15, 0.2) is 5.49 Å². The third-order valence-electron chi connectivity index (χ3n) is 1.50. The Morgan fingerprint density at radius 3 is 2.80 bits per heavy atom. The van der Waals surface area contributed by atoms with Crippen LogP contribution >= 0.6 is 15.9 Å². The normalized spacial score (nSPS) is 11.9. The average molecular weight is 274 g/mol. The van der Waals surface area contributed by atoms with E-state index < -0.39 is 6.03 Å². The number of nitrogens with one attached hydrogen (secondary N) is 1. The minimum atomic E-state index is -0.477. The van der Waals surface area contributed by atoms with Gasteiger partial charge in [-0.1, -0.05) is 0 Å².